The van der Waals surface area contributed by atoms with Crippen LogP contribution in [0.5, 0.6) is 0 Å². The number of aryl methyl sites for hydroxylation is 2. The van der Waals surface area contributed by atoms with E-state index in [9.17, 15) is 9.90 Å². The van der Waals surface area contributed by atoms with Gasteiger partial charge in [0.15, 0.2) is 0 Å². The molecule has 0 radical (unpaired) electrons. The summed E-state index contributed by atoms with van der Waals surface area (Å²) in [7, 11) is 0. The van der Waals surface area contributed by atoms with E-state index in [0.29, 0.717) is 23.6 Å². The van der Waals surface area contributed by atoms with Crippen molar-refractivity contribution in [3.05, 3.63) is 95.3 Å². The number of nitrogens with zero attached hydrogens (tertiary/aromatic N) is 4. The number of esters is 1. The maximum atomic E-state index is 12.7. The molecule has 7 heteroatoms. The third-order valence-corrected chi connectivity index (χ3v) is 5.99. The van der Waals surface area contributed by atoms with Gasteiger partial charge in [0.1, 0.15) is 5.69 Å². The van der Waals surface area contributed by atoms with E-state index in [1.807, 2.05) is 86.8 Å². The second-order valence-corrected chi connectivity index (χ2v) is 8.44. The number of carbonyl (C=O) groups is 1. The largest absolute Gasteiger partial charge is 0.462 e. The summed E-state index contributed by atoms with van der Waals surface area (Å²) in [5.74, 6) is -0.373. The number of benzene rings is 2. The summed E-state index contributed by atoms with van der Waals surface area (Å²) >= 11 is 0. The molecule has 176 valence electrons. The molecule has 3 heterocycles. The first-order valence-corrected chi connectivity index (χ1v) is 11.5. The minimum atomic E-state index is -0.373. The highest BCUT2D eigenvalue weighted by Gasteiger charge is 2.23. The van der Waals surface area contributed by atoms with Crippen LogP contribution in [0.1, 0.15) is 34.1 Å². The lowest BCUT2D eigenvalue weighted by molar-refractivity contribution is 0.0525. The Labute approximate surface area is 203 Å². The van der Waals surface area contributed by atoms with Crippen molar-refractivity contribution in [2.24, 2.45) is 0 Å². The van der Waals surface area contributed by atoms with E-state index in [2.05, 4.69) is 0 Å². The molecule has 7 nitrogen and oxygen atoms in total. The molecule has 3 aromatic heterocycles. The molecule has 0 unspecified atom stereocenters. The van der Waals surface area contributed by atoms with Gasteiger partial charge in [-0.1, -0.05) is 48.0 Å². The number of hydrogen-bond acceptors (Lipinski definition) is 5. The van der Waals surface area contributed by atoms with Crippen molar-refractivity contribution in [3.8, 4) is 28.2 Å². The molecule has 0 aliphatic heterocycles. The SMILES string of the molecule is CCOC(=O)c1cc2c(-c3cc(CO)n(-c4ccccc4)n3)c(-c3ccc(C)cc3)nn2cc1C. The minimum Gasteiger partial charge on any atom is -0.462 e. The first-order chi connectivity index (χ1) is 17.0. The van der Waals surface area contributed by atoms with E-state index < -0.39 is 0 Å². The molecule has 0 amide bonds. The number of pyridine rings is 1. The van der Waals surface area contributed by atoms with Gasteiger partial charge in [-0.25, -0.2) is 14.0 Å². The Bertz CT molecular complexity index is 1520. The molecule has 0 aliphatic rings. The summed E-state index contributed by atoms with van der Waals surface area (Å²) < 4.78 is 8.80. The van der Waals surface area contributed by atoms with Gasteiger partial charge in [-0.2, -0.15) is 10.2 Å². The number of carbonyl (C=O) groups excluding carboxylic acids is 1. The zero-order chi connectivity index (χ0) is 24.5. The lowest BCUT2D eigenvalue weighted by Gasteiger charge is -2.07. The molecule has 5 rings (SSSR count). The van der Waals surface area contributed by atoms with Crippen molar-refractivity contribution < 1.29 is 14.6 Å². The maximum absolute atomic E-state index is 12.7. The zero-order valence-corrected chi connectivity index (χ0v) is 19.9. The Kier molecular flexibility index (Phi) is 5.93. The fraction of sp³-hybridized carbons (Fsp3) is 0.179. The second kappa shape index (κ2) is 9.19. The third-order valence-electron chi connectivity index (χ3n) is 5.99. The number of ether oxygens (including phenoxy) is 1. The average molecular weight is 467 g/mol. The normalized spacial score (nSPS) is 11.2. The van der Waals surface area contributed by atoms with Gasteiger partial charge in [-0.05, 0) is 50.6 Å². The van der Waals surface area contributed by atoms with Crippen LogP contribution >= 0.6 is 0 Å². The number of aliphatic hydroxyl groups is 1. The third kappa shape index (κ3) is 4.11. The van der Waals surface area contributed by atoms with Crippen molar-refractivity contribution in [2.75, 3.05) is 6.61 Å². The molecule has 0 fully saturated rings. The van der Waals surface area contributed by atoms with Crippen LogP contribution in [0.4, 0.5) is 0 Å². The minimum absolute atomic E-state index is 0.172. The lowest BCUT2D eigenvalue weighted by Crippen LogP contribution is -2.08. The summed E-state index contributed by atoms with van der Waals surface area (Å²) in [6.07, 6.45) is 1.84. The molecular formula is C28H26N4O3. The van der Waals surface area contributed by atoms with Gasteiger partial charge in [0.2, 0.25) is 0 Å². The Hall–Kier alpha value is -4.23. The Balaban J connectivity index is 1.79. The van der Waals surface area contributed by atoms with Gasteiger partial charge in [0.25, 0.3) is 0 Å². The molecule has 0 saturated heterocycles. The number of hydrogen-bond donors (Lipinski definition) is 1. The van der Waals surface area contributed by atoms with Gasteiger partial charge in [0, 0.05) is 11.8 Å². The molecule has 0 spiro atoms. The van der Waals surface area contributed by atoms with Crippen LogP contribution in [0.15, 0.2) is 72.9 Å². The van der Waals surface area contributed by atoms with Crippen LogP contribution in [0.3, 0.4) is 0 Å². The fourth-order valence-corrected chi connectivity index (χ4v) is 4.23. The number of aromatic nitrogens is 4. The number of fused-ring (bicyclic) bond motifs is 1. The van der Waals surface area contributed by atoms with E-state index in [1.165, 1.54) is 0 Å². The lowest BCUT2D eigenvalue weighted by atomic mass is 10.0. The molecule has 2 aromatic carbocycles. The summed E-state index contributed by atoms with van der Waals surface area (Å²) in [5.41, 5.74) is 7.75. The van der Waals surface area contributed by atoms with Crippen LogP contribution in [0.25, 0.3) is 33.7 Å². The van der Waals surface area contributed by atoms with E-state index >= 15 is 0 Å². The highest BCUT2D eigenvalue weighted by atomic mass is 16.5. The molecule has 1 N–H and O–H groups in total. The predicted octanol–water partition coefficient (Wildman–Crippen LogP) is 5.14. The van der Waals surface area contributed by atoms with Gasteiger partial charge < -0.3 is 9.84 Å². The highest BCUT2D eigenvalue weighted by molar-refractivity contribution is 5.97. The summed E-state index contributed by atoms with van der Waals surface area (Å²) in [5, 5.41) is 19.8. The van der Waals surface area contributed by atoms with Gasteiger partial charge >= 0.3 is 5.97 Å². The van der Waals surface area contributed by atoms with E-state index in [0.717, 1.165) is 39.2 Å². The fourth-order valence-electron chi connectivity index (χ4n) is 4.23. The summed E-state index contributed by atoms with van der Waals surface area (Å²) in [6, 6.07) is 21.5. The monoisotopic (exact) mass is 466 g/mol. The first kappa shape index (κ1) is 22.6. The van der Waals surface area contributed by atoms with Crippen LogP contribution in [-0.2, 0) is 11.3 Å². The zero-order valence-electron chi connectivity index (χ0n) is 19.9. The van der Waals surface area contributed by atoms with Crippen molar-refractivity contribution in [3.63, 3.8) is 0 Å². The van der Waals surface area contributed by atoms with Crippen molar-refractivity contribution >= 4 is 11.5 Å². The Morgan fingerprint density at radius 3 is 2.43 bits per heavy atom. The van der Waals surface area contributed by atoms with Crippen molar-refractivity contribution in [1.82, 2.24) is 19.4 Å². The average Bonchev–Trinajstić information content (AvgIpc) is 3.45. The molecule has 5 aromatic rings. The number of rotatable bonds is 6. The molecular weight excluding hydrogens is 440 g/mol. The van der Waals surface area contributed by atoms with Crippen molar-refractivity contribution in [2.45, 2.75) is 27.4 Å². The van der Waals surface area contributed by atoms with Crippen LogP contribution < -0.4 is 0 Å². The van der Waals surface area contributed by atoms with E-state index in [4.69, 9.17) is 14.9 Å². The van der Waals surface area contributed by atoms with Crippen LogP contribution in [0, 0.1) is 13.8 Å². The standard InChI is InChI=1S/C28H26N4O3/c1-4-35-28(34)23-15-25-26(24-14-22(17-33)32(29-24)21-8-6-5-7-9-21)27(30-31(25)16-19(23)3)20-12-10-18(2)11-13-20/h5-16,33H,4,17H2,1-3H3. The highest BCUT2D eigenvalue weighted by Crippen LogP contribution is 2.36. The van der Waals surface area contributed by atoms with E-state index in [1.54, 1.807) is 16.1 Å². The van der Waals surface area contributed by atoms with Crippen molar-refractivity contribution in [1.29, 1.82) is 0 Å². The van der Waals surface area contributed by atoms with Gasteiger partial charge in [0.05, 0.1) is 46.9 Å². The number of aliphatic hydroxyl groups excluding tert-OH is 1. The molecule has 0 bridgehead atoms. The first-order valence-electron chi connectivity index (χ1n) is 11.5. The second-order valence-electron chi connectivity index (χ2n) is 8.44. The molecule has 35 heavy (non-hydrogen) atoms. The predicted molar refractivity (Wildman–Crippen MR) is 135 cm³/mol. The Morgan fingerprint density at radius 2 is 1.74 bits per heavy atom. The summed E-state index contributed by atoms with van der Waals surface area (Å²) in [6.45, 7) is 5.82. The topological polar surface area (TPSA) is 81.6 Å². The smallest absolute Gasteiger partial charge is 0.338 e. The Morgan fingerprint density at radius 1 is 1.00 bits per heavy atom. The van der Waals surface area contributed by atoms with Crippen LogP contribution in [-0.4, -0.2) is 37.1 Å². The quantitative estimate of drug-likeness (QED) is 0.351. The number of para-hydroxylation sites is 1. The maximum Gasteiger partial charge on any atom is 0.338 e. The molecule has 0 atom stereocenters. The molecule has 0 aliphatic carbocycles. The van der Waals surface area contributed by atoms with Gasteiger partial charge in [-0.3, -0.25) is 0 Å². The van der Waals surface area contributed by atoms with Gasteiger partial charge in [-0.15, -0.1) is 0 Å². The molecule has 0 saturated carbocycles. The summed E-state index contributed by atoms with van der Waals surface area (Å²) in [4.78, 5) is 12.7. The van der Waals surface area contributed by atoms with Crippen LogP contribution in [0.2, 0.25) is 0 Å². The van der Waals surface area contributed by atoms with E-state index in [-0.39, 0.29) is 12.6 Å².